The Bertz CT molecular complexity index is 474. The van der Waals surface area contributed by atoms with Crippen LogP contribution < -0.4 is 5.32 Å². The summed E-state index contributed by atoms with van der Waals surface area (Å²) in [6, 6.07) is 4.35. The molecule has 106 valence electrons. The van der Waals surface area contributed by atoms with Crippen LogP contribution in [0.15, 0.2) is 12.1 Å². The minimum atomic E-state index is -0.321. The summed E-state index contributed by atoms with van der Waals surface area (Å²) in [7, 11) is 0. The zero-order chi connectivity index (χ0) is 13.5. The minimum absolute atomic E-state index is 0. The van der Waals surface area contributed by atoms with Crippen molar-refractivity contribution in [2.75, 3.05) is 6.61 Å². The second-order valence-corrected chi connectivity index (χ2v) is 5.95. The van der Waals surface area contributed by atoms with Crippen molar-refractivity contribution in [3.8, 4) is 0 Å². The number of cyclic esters (lactones) is 1. The molecule has 19 heavy (non-hydrogen) atoms. The lowest BCUT2D eigenvalue weighted by Gasteiger charge is -2.40. The van der Waals surface area contributed by atoms with E-state index >= 15 is 0 Å². The monoisotopic (exact) mass is 283 g/mol. The predicted octanol–water partition coefficient (Wildman–Crippen LogP) is 3.84. The lowest BCUT2D eigenvalue weighted by molar-refractivity contribution is 0.0384. The summed E-state index contributed by atoms with van der Waals surface area (Å²) in [5.74, 6) is 0. The van der Waals surface area contributed by atoms with Crippen LogP contribution in [0.4, 0.5) is 4.79 Å². The Balaban J connectivity index is 0.00000180. The lowest BCUT2D eigenvalue weighted by Crippen LogP contribution is -2.47. The molecule has 3 nitrogen and oxygen atoms in total. The Labute approximate surface area is 121 Å². The van der Waals surface area contributed by atoms with Gasteiger partial charge < -0.3 is 10.1 Å². The fourth-order valence-corrected chi connectivity index (χ4v) is 2.80. The quantitative estimate of drug-likeness (QED) is 0.850. The van der Waals surface area contributed by atoms with E-state index in [2.05, 4.69) is 52.1 Å². The molecule has 1 aromatic carbocycles. The Morgan fingerprint density at radius 2 is 1.74 bits per heavy atom. The second kappa shape index (κ2) is 5.41. The molecule has 4 heteroatoms. The zero-order valence-corrected chi connectivity index (χ0v) is 13.0. The molecule has 0 saturated carbocycles. The van der Waals surface area contributed by atoms with Gasteiger partial charge in [-0.25, -0.2) is 4.79 Å². The van der Waals surface area contributed by atoms with E-state index in [4.69, 9.17) is 4.74 Å². The number of carbonyl (C=O) groups is 1. The number of alkyl carbamates (subject to hydrolysis) is 1. The standard InChI is InChI=1S/C15H21NO2.ClH/c1-9-6-10(2)12(11(3)7-9)13-15(4,5)8-18-14(17)16-13;/h6-7,13H,8H2,1-5H3,(H,16,17);1H/t13-;/m1./s1. The normalized spacial score (nSPS) is 21.1. The third kappa shape index (κ3) is 3.03. The lowest BCUT2D eigenvalue weighted by atomic mass is 9.77. The maximum Gasteiger partial charge on any atom is 0.407 e. The van der Waals surface area contributed by atoms with E-state index in [0.29, 0.717) is 6.61 Å². The molecule has 1 aromatic rings. The van der Waals surface area contributed by atoms with Crippen LogP contribution in [0.1, 0.15) is 42.1 Å². The maximum atomic E-state index is 11.5. The number of amides is 1. The zero-order valence-electron chi connectivity index (χ0n) is 12.2. The van der Waals surface area contributed by atoms with Gasteiger partial charge in [0, 0.05) is 5.41 Å². The Morgan fingerprint density at radius 1 is 1.21 bits per heavy atom. The summed E-state index contributed by atoms with van der Waals surface area (Å²) >= 11 is 0. The number of nitrogens with one attached hydrogen (secondary N) is 1. The highest BCUT2D eigenvalue weighted by molar-refractivity contribution is 5.85. The number of carbonyl (C=O) groups excluding carboxylic acids is 1. The topological polar surface area (TPSA) is 38.3 Å². The molecule has 1 heterocycles. The van der Waals surface area contributed by atoms with Crippen molar-refractivity contribution >= 4 is 18.5 Å². The van der Waals surface area contributed by atoms with Crippen LogP contribution in [0.5, 0.6) is 0 Å². The molecule has 0 radical (unpaired) electrons. The Kier molecular flexibility index (Phi) is 4.51. The van der Waals surface area contributed by atoms with E-state index in [1.807, 2.05) is 0 Å². The van der Waals surface area contributed by atoms with Crippen molar-refractivity contribution in [2.24, 2.45) is 5.41 Å². The van der Waals surface area contributed by atoms with Crippen LogP contribution in [0.3, 0.4) is 0 Å². The average molecular weight is 284 g/mol. The molecular formula is C15H22ClNO2. The van der Waals surface area contributed by atoms with Gasteiger partial charge in [-0.2, -0.15) is 0 Å². The van der Waals surface area contributed by atoms with Gasteiger partial charge in [0.05, 0.1) is 6.04 Å². The van der Waals surface area contributed by atoms with Crippen LogP contribution in [0, 0.1) is 26.2 Å². The van der Waals surface area contributed by atoms with Crippen LogP contribution >= 0.6 is 12.4 Å². The number of hydrogen-bond acceptors (Lipinski definition) is 2. The van der Waals surface area contributed by atoms with Gasteiger partial charge in [0.15, 0.2) is 0 Å². The molecule has 1 atom stereocenters. The molecule has 1 aliphatic rings. The van der Waals surface area contributed by atoms with Crippen molar-refractivity contribution < 1.29 is 9.53 Å². The van der Waals surface area contributed by atoms with Gasteiger partial charge in [0.25, 0.3) is 0 Å². The summed E-state index contributed by atoms with van der Waals surface area (Å²) in [5, 5.41) is 2.96. The molecule has 0 unspecified atom stereocenters. The first kappa shape index (κ1) is 15.8. The largest absolute Gasteiger partial charge is 0.449 e. The van der Waals surface area contributed by atoms with E-state index in [9.17, 15) is 4.79 Å². The Morgan fingerprint density at radius 3 is 2.26 bits per heavy atom. The first-order chi connectivity index (χ1) is 8.31. The third-order valence-corrected chi connectivity index (χ3v) is 3.65. The summed E-state index contributed by atoms with van der Waals surface area (Å²) in [5.41, 5.74) is 4.84. The summed E-state index contributed by atoms with van der Waals surface area (Å²) < 4.78 is 5.10. The smallest absolute Gasteiger partial charge is 0.407 e. The number of benzene rings is 1. The van der Waals surface area contributed by atoms with Crippen molar-refractivity contribution in [3.63, 3.8) is 0 Å². The van der Waals surface area contributed by atoms with E-state index in [1.165, 1.54) is 22.3 Å². The average Bonchev–Trinajstić information content (AvgIpc) is 2.22. The highest BCUT2D eigenvalue weighted by Crippen LogP contribution is 2.39. The molecule has 0 bridgehead atoms. The van der Waals surface area contributed by atoms with Crippen molar-refractivity contribution in [1.82, 2.24) is 5.32 Å². The van der Waals surface area contributed by atoms with E-state index in [1.54, 1.807) is 0 Å². The maximum absolute atomic E-state index is 11.5. The van der Waals surface area contributed by atoms with Gasteiger partial charge in [-0.05, 0) is 37.5 Å². The predicted molar refractivity (Wildman–Crippen MR) is 78.9 cm³/mol. The first-order valence-corrected chi connectivity index (χ1v) is 6.32. The molecular weight excluding hydrogens is 262 g/mol. The highest BCUT2D eigenvalue weighted by atomic mass is 35.5. The SMILES string of the molecule is Cc1cc(C)c([C@H]2NC(=O)OCC2(C)C)c(C)c1.Cl. The molecule has 1 amide bonds. The summed E-state index contributed by atoms with van der Waals surface area (Å²) in [6.07, 6.45) is -0.321. The molecule has 1 saturated heterocycles. The van der Waals surface area contributed by atoms with Crippen molar-refractivity contribution in [1.29, 1.82) is 0 Å². The third-order valence-electron chi connectivity index (χ3n) is 3.65. The molecule has 0 spiro atoms. The van der Waals surface area contributed by atoms with Gasteiger partial charge in [-0.3, -0.25) is 0 Å². The molecule has 1 fully saturated rings. The highest BCUT2D eigenvalue weighted by Gasteiger charge is 2.39. The van der Waals surface area contributed by atoms with Crippen molar-refractivity contribution in [3.05, 3.63) is 34.4 Å². The van der Waals surface area contributed by atoms with Crippen LogP contribution in [0.25, 0.3) is 0 Å². The van der Waals surface area contributed by atoms with E-state index in [-0.39, 0.29) is 30.0 Å². The molecule has 0 aliphatic carbocycles. The Hall–Kier alpha value is -1.22. The number of hydrogen-bond donors (Lipinski definition) is 1. The number of ether oxygens (including phenoxy) is 1. The number of halogens is 1. The summed E-state index contributed by atoms with van der Waals surface area (Å²) in [6.45, 7) is 11.0. The second-order valence-electron chi connectivity index (χ2n) is 5.95. The fourth-order valence-electron chi connectivity index (χ4n) is 2.80. The fraction of sp³-hybridized carbons (Fsp3) is 0.533. The molecule has 0 aromatic heterocycles. The van der Waals surface area contributed by atoms with Gasteiger partial charge in [0.1, 0.15) is 6.61 Å². The van der Waals surface area contributed by atoms with Crippen LogP contribution in [-0.2, 0) is 4.74 Å². The van der Waals surface area contributed by atoms with E-state index < -0.39 is 0 Å². The van der Waals surface area contributed by atoms with Crippen LogP contribution in [-0.4, -0.2) is 12.7 Å². The summed E-state index contributed by atoms with van der Waals surface area (Å²) in [4.78, 5) is 11.5. The van der Waals surface area contributed by atoms with Crippen molar-refractivity contribution in [2.45, 2.75) is 40.7 Å². The van der Waals surface area contributed by atoms with Gasteiger partial charge in [-0.1, -0.05) is 31.5 Å². The number of rotatable bonds is 1. The minimum Gasteiger partial charge on any atom is -0.449 e. The van der Waals surface area contributed by atoms with Gasteiger partial charge in [0.2, 0.25) is 0 Å². The molecule has 1 N–H and O–H groups in total. The van der Waals surface area contributed by atoms with Gasteiger partial charge in [-0.15, -0.1) is 12.4 Å². The molecule has 2 rings (SSSR count). The van der Waals surface area contributed by atoms with Crippen LogP contribution in [0.2, 0.25) is 0 Å². The first-order valence-electron chi connectivity index (χ1n) is 6.32. The van der Waals surface area contributed by atoms with E-state index in [0.717, 1.165) is 0 Å². The molecule has 1 aliphatic heterocycles. The number of aryl methyl sites for hydroxylation is 3. The van der Waals surface area contributed by atoms with Gasteiger partial charge >= 0.3 is 6.09 Å².